The second-order valence-corrected chi connectivity index (χ2v) is 9.99. The maximum absolute atomic E-state index is 11.6. The quantitative estimate of drug-likeness (QED) is 0.0943. The lowest BCUT2D eigenvalue weighted by molar-refractivity contribution is -0.422. The van der Waals surface area contributed by atoms with Crippen LogP contribution in [0.5, 0.6) is 0 Å². The fourth-order valence-electron chi connectivity index (χ4n) is 5.93. The molecule has 2 heterocycles. The van der Waals surface area contributed by atoms with Crippen molar-refractivity contribution in [3.63, 3.8) is 0 Å². The van der Waals surface area contributed by atoms with E-state index < -0.39 is 42.4 Å². The zero-order valence-electron chi connectivity index (χ0n) is 21.6. The first-order valence-electron chi connectivity index (χ1n) is 12.7. The van der Waals surface area contributed by atoms with E-state index in [0.717, 1.165) is 24.3 Å². The van der Waals surface area contributed by atoms with Gasteiger partial charge in [-0.3, -0.25) is 40.5 Å². The van der Waals surface area contributed by atoms with Crippen molar-refractivity contribution in [1.29, 1.82) is 0 Å². The molecule has 0 spiro atoms. The van der Waals surface area contributed by atoms with Crippen molar-refractivity contribution in [2.75, 3.05) is 0 Å². The molecule has 0 fully saturated rings. The number of benzene rings is 6. The molecule has 0 radical (unpaired) electrons. The summed E-state index contributed by atoms with van der Waals surface area (Å²) in [5.74, 6) is 0. The number of nitro groups is 4. The van der Waals surface area contributed by atoms with Crippen LogP contribution in [0.25, 0.3) is 76.5 Å². The van der Waals surface area contributed by atoms with Gasteiger partial charge in [-0.25, -0.2) is 19.9 Å². The van der Waals surface area contributed by atoms with Crippen LogP contribution in [0.2, 0.25) is 0 Å². The third-order valence-corrected chi connectivity index (χ3v) is 7.71. The Balaban J connectivity index is 1.57. The zero-order valence-corrected chi connectivity index (χ0v) is 21.6. The normalized spacial score (nSPS) is 11.9. The van der Waals surface area contributed by atoms with Crippen molar-refractivity contribution < 1.29 is 19.7 Å². The molecule has 0 aliphatic rings. The molecule has 210 valence electrons. The number of hydrogen-bond acceptors (Lipinski definition) is 12. The largest absolute Gasteiger partial charge is 0.348 e. The van der Waals surface area contributed by atoms with E-state index in [4.69, 9.17) is 19.9 Å². The zero-order chi connectivity index (χ0) is 30.6. The standard InChI is InChI=1S/C28H10N8O8/c37-33(38)19-7-15-17(9-21(19)35(41)42)31-27-13-5-2-6-14-24(13)23-11(25(27)29-15)3-1-4-12(23)26-28(14)32-18-10-22(36(43)44)20(34(39)40)8-16(18)30-26/h1-10H. The predicted molar refractivity (Wildman–Crippen MR) is 158 cm³/mol. The minimum atomic E-state index is -0.844. The lowest BCUT2D eigenvalue weighted by Crippen LogP contribution is -2.00. The van der Waals surface area contributed by atoms with E-state index in [-0.39, 0.29) is 22.1 Å². The molecule has 8 aromatic rings. The highest BCUT2D eigenvalue weighted by Crippen LogP contribution is 2.44. The molecule has 0 aliphatic heterocycles. The summed E-state index contributed by atoms with van der Waals surface area (Å²) >= 11 is 0. The van der Waals surface area contributed by atoms with Gasteiger partial charge in [0.05, 0.1) is 88.1 Å². The Morgan fingerprint density at radius 3 is 0.841 bits per heavy atom. The highest BCUT2D eigenvalue weighted by molar-refractivity contribution is 6.38. The van der Waals surface area contributed by atoms with Gasteiger partial charge in [-0.05, 0) is 0 Å². The monoisotopic (exact) mass is 586 g/mol. The smallest absolute Gasteiger partial charge is 0.258 e. The number of aromatic nitrogens is 4. The summed E-state index contributed by atoms with van der Waals surface area (Å²) in [6, 6.07) is 14.8. The van der Waals surface area contributed by atoms with E-state index in [1.54, 1.807) is 36.4 Å². The first kappa shape index (κ1) is 24.9. The molecule has 0 unspecified atom stereocenters. The Bertz CT molecular complexity index is 2340. The molecule has 16 nitrogen and oxygen atoms in total. The van der Waals surface area contributed by atoms with Crippen LogP contribution in [0.1, 0.15) is 0 Å². The van der Waals surface area contributed by atoms with E-state index in [1.807, 2.05) is 0 Å². The van der Waals surface area contributed by atoms with Crippen LogP contribution in [0.4, 0.5) is 22.7 Å². The fourth-order valence-corrected chi connectivity index (χ4v) is 5.93. The summed E-state index contributed by atoms with van der Waals surface area (Å²) in [5.41, 5.74) is -0.905. The van der Waals surface area contributed by atoms with Crippen LogP contribution in [-0.4, -0.2) is 39.6 Å². The lowest BCUT2D eigenvalue weighted by Gasteiger charge is -2.16. The Kier molecular flexibility index (Phi) is 4.73. The van der Waals surface area contributed by atoms with Gasteiger partial charge in [0.15, 0.2) is 0 Å². The molecule has 6 aromatic carbocycles. The third kappa shape index (κ3) is 3.20. The number of rotatable bonds is 4. The summed E-state index contributed by atoms with van der Waals surface area (Å²) in [6.45, 7) is 0. The average Bonchev–Trinajstić information content (AvgIpc) is 3.01. The number of nitrogens with zero attached hydrogens (tertiary/aromatic N) is 8. The molecule has 44 heavy (non-hydrogen) atoms. The fraction of sp³-hybridized carbons (Fsp3) is 0. The Hall–Kier alpha value is -6.84. The van der Waals surface area contributed by atoms with Crippen molar-refractivity contribution in [2.45, 2.75) is 0 Å². The van der Waals surface area contributed by atoms with Gasteiger partial charge in [-0.1, -0.05) is 36.4 Å². The average molecular weight is 586 g/mol. The van der Waals surface area contributed by atoms with Gasteiger partial charge >= 0.3 is 22.7 Å². The molecule has 0 aliphatic carbocycles. The Labute approximate surface area is 240 Å². The van der Waals surface area contributed by atoms with E-state index in [0.29, 0.717) is 54.4 Å². The molecule has 2 aromatic heterocycles. The maximum Gasteiger partial charge on any atom is 0.348 e. The second-order valence-electron chi connectivity index (χ2n) is 9.99. The SMILES string of the molecule is O=[N+]([O-])c1cc2nc3c4cccc5c6nc7cc([N+](=O)[O-])c([N+](=O)[O-])cc7nc6c6cccc(c3nc2cc1[N+](=O)[O-])c6c45. The van der Waals surface area contributed by atoms with Gasteiger partial charge in [0.2, 0.25) is 0 Å². The van der Waals surface area contributed by atoms with Gasteiger partial charge in [-0.2, -0.15) is 0 Å². The highest BCUT2D eigenvalue weighted by Gasteiger charge is 2.29. The van der Waals surface area contributed by atoms with E-state index in [1.165, 1.54) is 0 Å². The van der Waals surface area contributed by atoms with Crippen LogP contribution in [0.3, 0.4) is 0 Å². The number of fused-ring (bicyclic) bond motifs is 8. The molecule has 0 atom stereocenters. The Morgan fingerprint density at radius 2 is 0.636 bits per heavy atom. The molecule has 0 saturated carbocycles. The third-order valence-electron chi connectivity index (χ3n) is 7.71. The van der Waals surface area contributed by atoms with Crippen molar-refractivity contribution in [2.24, 2.45) is 0 Å². The van der Waals surface area contributed by atoms with Crippen LogP contribution < -0.4 is 0 Å². The summed E-state index contributed by atoms with van der Waals surface area (Å²) < 4.78 is 0. The van der Waals surface area contributed by atoms with Gasteiger partial charge in [0.25, 0.3) is 0 Å². The molecule has 8 rings (SSSR count). The molecule has 0 bridgehead atoms. The lowest BCUT2D eigenvalue weighted by atomic mass is 9.91. The van der Waals surface area contributed by atoms with Gasteiger partial charge in [0, 0.05) is 32.3 Å². The molecule has 0 N–H and O–H groups in total. The summed E-state index contributed by atoms with van der Waals surface area (Å²) in [5, 5.41) is 50.3. The van der Waals surface area contributed by atoms with E-state index in [9.17, 15) is 40.5 Å². The first-order valence-corrected chi connectivity index (χ1v) is 12.7. The highest BCUT2D eigenvalue weighted by atomic mass is 16.6. The van der Waals surface area contributed by atoms with Crippen molar-refractivity contribution in [3.8, 4) is 0 Å². The minimum Gasteiger partial charge on any atom is -0.258 e. The first-order chi connectivity index (χ1) is 21.1. The summed E-state index contributed by atoms with van der Waals surface area (Å²) in [7, 11) is 0. The van der Waals surface area contributed by atoms with Crippen LogP contribution in [-0.2, 0) is 0 Å². The topological polar surface area (TPSA) is 224 Å². The molecule has 0 saturated heterocycles. The molecular formula is C28H10N8O8. The van der Waals surface area contributed by atoms with Crippen LogP contribution >= 0.6 is 0 Å². The predicted octanol–water partition coefficient (Wildman–Crippen LogP) is 6.41. The molecular weight excluding hydrogens is 576 g/mol. The summed E-state index contributed by atoms with van der Waals surface area (Å²) in [4.78, 5) is 61.8. The number of hydrogen-bond donors (Lipinski definition) is 0. The second kappa shape index (κ2) is 8.35. The molecule has 16 heteroatoms. The van der Waals surface area contributed by atoms with Crippen LogP contribution in [0, 0.1) is 40.5 Å². The van der Waals surface area contributed by atoms with Gasteiger partial charge < -0.3 is 0 Å². The number of nitro benzene ring substituents is 4. The maximum atomic E-state index is 11.6. The van der Waals surface area contributed by atoms with E-state index in [2.05, 4.69) is 0 Å². The van der Waals surface area contributed by atoms with Crippen molar-refractivity contribution in [3.05, 3.63) is 101 Å². The van der Waals surface area contributed by atoms with E-state index >= 15 is 0 Å². The van der Waals surface area contributed by atoms with Gasteiger partial charge in [0.1, 0.15) is 0 Å². The summed E-state index contributed by atoms with van der Waals surface area (Å²) in [6.07, 6.45) is 0. The van der Waals surface area contributed by atoms with Gasteiger partial charge in [-0.15, -0.1) is 0 Å². The Morgan fingerprint density at radius 1 is 0.409 bits per heavy atom. The molecule has 0 amide bonds. The minimum absolute atomic E-state index is 0.0918. The van der Waals surface area contributed by atoms with Crippen LogP contribution in [0.15, 0.2) is 60.7 Å². The van der Waals surface area contributed by atoms with Crippen molar-refractivity contribution >= 4 is 99.2 Å². The van der Waals surface area contributed by atoms with Crippen molar-refractivity contribution in [1.82, 2.24) is 19.9 Å².